The lowest BCUT2D eigenvalue weighted by Crippen LogP contribution is -1.97. The molecule has 4 heteroatoms. The first kappa shape index (κ1) is 12.8. The summed E-state index contributed by atoms with van der Waals surface area (Å²) in [5.41, 5.74) is 0.996. The standard InChI is InChI=1S/C11H17ClN2S/c1-7(2)5-6-15-11-8(3)10(12)13-9(4)14-11/h7H,5-6H2,1-4H3. The SMILES string of the molecule is Cc1nc(Cl)c(C)c(SCCC(C)C)n1. The smallest absolute Gasteiger partial charge is 0.136 e. The van der Waals surface area contributed by atoms with Gasteiger partial charge in [0.1, 0.15) is 16.0 Å². The van der Waals surface area contributed by atoms with Crippen molar-refractivity contribution < 1.29 is 0 Å². The second kappa shape index (κ2) is 5.71. The number of nitrogens with zero attached hydrogens (tertiary/aromatic N) is 2. The maximum atomic E-state index is 6.00. The first-order valence-corrected chi connectivity index (χ1v) is 6.50. The molecule has 1 aromatic heterocycles. The predicted molar refractivity (Wildman–Crippen MR) is 66.7 cm³/mol. The summed E-state index contributed by atoms with van der Waals surface area (Å²) in [6, 6.07) is 0. The Morgan fingerprint density at radius 2 is 1.93 bits per heavy atom. The summed E-state index contributed by atoms with van der Waals surface area (Å²) >= 11 is 7.76. The van der Waals surface area contributed by atoms with Crippen LogP contribution in [-0.4, -0.2) is 15.7 Å². The van der Waals surface area contributed by atoms with Gasteiger partial charge in [0.25, 0.3) is 0 Å². The number of aromatic nitrogens is 2. The summed E-state index contributed by atoms with van der Waals surface area (Å²) < 4.78 is 0. The van der Waals surface area contributed by atoms with Crippen molar-refractivity contribution in [3.8, 4) is 0 Å². The maximum absolute atomic E-state index is 6.00. The zero-order chi connectivity index (χ0) is 11.4. The molecule has 0 saturated carbocycles. The molecule has 0 atom stereocenters. The summed E-state index contributed by atoms with van der Waals surface area (Å²) in [7, 11) is 0. The highest BCUT2D eigenvalue weighted by molar-refractivity contribution is 7.99. The van der Waals surface area contributed by atoms with E-state index in [-0.39, 0.29) is 0 Å². The molecule has 0 aliphatic rings. The molecule has 0 aromatic carbocycles. The first-order valence-electron chi connectivity index (χ1n) is 5.14. The van der Waals surface area contributed by atoms with Gasteiger partial charge >= 0.3 is 0 Å². The van der Waals surface area contributed by atoms with E-state index in [1.807, 2.05) is 13.8 Å². The molecule has 0 aliphatic heterocycles. The summed E-state index contributed by atoms with van der Waals surface area (Å²) in [5, 5.41) is 1.60. The normalized spacial score (nSPS) is 11.1. The molecule has 0 bridgehead atoms. The van der Waals surface area contributed by atoms with E-state index in [0.717, 1.165) is 28.1 Å². The van der Waals surface area contributed by atoms with E-state index in [9.17, 15) is 0 Å². The third kappa shape index (κ3) is 3.99. The summed E-state index contributed by atoms with van der Waals surface area (Å²) in [6.07, 6.45) is 1.20. The molecule has 1 heterocycles. The molecule has 15 heavy (non-hydrogen) atoms. The van der Waals surface area contributed by atoms with Crippen LogP contribution in [0.15, 0.2) is 5.03 Å². The number of aryl methyl sites for hydroxylation is 1. The van der Waals surface area contributed by atoms with Gasteiger partial charge in [-0.25, -0.2) is 9.97 Å². The number of halogens is 1. The molecule has 84 valence electrons. The van der Waals surface area contributed by atoms with Crippen molar-refractivity contribution in [1.29, 1.82) is 0 Å². The second-order valence-corrected chi connectivity index (χ2v) is 5.46. The molecule has 0 N–H and O–H groups in total. The summed E-state index contributed by atoms with van der Waals surface area (Å²) in [4.78, 5) is 8.52. The molecule has 0 unspecified atom stereocenters. The van der Waals surface area contributed by atoms with E-state index >= 15 is 0 Å². The lowest BCUT2D eigenvalue weighted by molar-refractivity contribution is 0.631. The second-order valence-electron chi connectivity index (χ2n) is 4.02. The van der Waals surface area contributed by atoms with E-state index < -0.39 is 0 Å². The molecular weight excluding hydrogens is 228 g/mol. The highest BCUT2D eigenvalue weighted by Gasteiger charge is 2.07. The van der Waals surface area contributed by atoms with Crippen molar-refractivity contribution in [2.45, 2.75) is 39.1 Å². The Balaban J connectivity index is 2.68. The molecular formula is C11H17ClN2S. The van der Waals surface area contributed by atoms with Gasteiger partial charge in [0, 0.05) is 5.56 Å². The van der Waals surface area contributed by atoms with Crippen LogP contribution in [0.5, 0.6) is 0 Å². The van der Waals surface area contributed by atoms with Gasteiger partial charge in [0.05, 0.1) is 0 Å². The molecule has 0 amide bonds. The molecule has 0 saturated heterocycles. The largest absolute Gasteiger partial charge is 0.227 e. The minimum absolute atomic E-state index is 0.578. The van der Waals surface area contributed by atoms with E-state index in [2.05, 4.69) is 23.8 Å². The van der Waals surface area contributed by atoms with Crippen molar-refractivity contribution in [3.05, 3.63) is 16.5 Å². The zero-order valence-corrected chi connectivity index (χ0v) is 11.2. The first-order chi connectivity index (χ1) is 7.00. The summed E-state index contributed by atoms with van der Waals surface area (Å²) in [6.45, 7) is 8.30. The van der Waals surface area contributed by atoms with Crippen LogP contribution in [0.2, 0.25) is 5.15 Å². The Morgan fingerprint density at radius 1 is 1.27 bits per heavy atom. The third-order valence-electron chi connectivity index (χ3n) is 2.09. The van der Waals surface area contributed by atoms with Crippen LogP contribution < -0.4 is 0 Å². The number of hydrogen-bond donors (Lipinski definition) is 0. The van der Waals surface area contributed by atoms with E-state index in [0.29, 0.717) is 5.15 Å². The maximum Gasteiger partial charge on any atom is 0.136 e. The monoisotopic (exact) mass is 244 g/mol. The van der Waals surface area contributed by atoms with Gasteiger partial charge in [-0.15, -0.1) is 11.8 Å². The van der Waals surface area contributed by atoms with Crippen molar-refractivity contribution in [3.63, 3.8) is 0 Å². The Bertz CT molecular complexity index is 340. The lowest BCUT2D eigenvalue weighted by atomic mass is 10.2. The zero-order valence-electron chi connectivity index (χ0n) is 9.67. The van der Waals surface area contributed by atoms with E-state index in [1.165, 1.54) is 6.42 Å². The van der Waals surface area contributed by atoms with Crippen LogP contribution in [0.25, 0.3) is 0 Å². The third-order valence-corrected chi connectivity index (χ3v) is 3.57. The van der Waals surface area contributed by atoms with Gasteiger partial charge in [0.15, 0.2) is 0 Å². The molecule has 0 fully saturated rings. The molecule has 1 rings (SSSR count). The Labute approximate surface area is 101 Å². The number of hydrogen-bond acceptors (Lipinski definition) is 3. The Kier molecular flexibility index (Phi) is 4.87. The Morgan fingerprint density at radius 3 is 2.53 bits per heavy atom. The fourth-order valence-electron chi connectivity index (χ4n) is 1.10. The quantitative estimate of drug-likeness (QED) is 0.594. The fourth-order valence-corrected chi connectivity index (χ4v) is 2.66. The molecule has 2 nitrogen and oxygen atoms in total. The highest BCUT2D eigenvalue weighted by Crippen LogP contribution is 2.25. The van der Waals surface area contributed by atoms with Crippen molar-refractivity contribution in [2.24, 2.45) is 5.92 Å². The van der Waals surface area contributed by atoms with Crippen molar-refractivity contribution in [1.82, 2.24) is 9.97 Å². The highest BCUT2D eigenvalue weighted by atomic mass is 35.5. The van der Waals surface area contributed by atoms with Crippen LogP contribution in [0.1, 0.15) is 31.7 Å². The topological polar surface area (TPSA) is 25.8 Å². The van der Waals surface area contributed by atoms with Gasteiger partial charge < -0.3 is 0 Å². The van der Waals surface area contributed by atoms with Gasteiger partial charge in [-0.1, -0.05) is 25.4 Å². The van der Waals surface area contributed by atoms with Gasteiger partial charge in [0.2, 0.25) is 0 Å². The molecule has 0 spiro atoms. The fraction of sp³-hybridized carbons (Fsp3) is 0.636. The average molecular weight is 245 g/mol. The van der Waals surface area contributed by atoms with Crippen LogP contribution >= 0.6 is 23.4 Å². The number of thioether (sulfide) groups is 1. The number of rotatable bonds is 4. The minimum atomic E-state index is 0.578. The summed E-state index contributed by atoms with van der Waals surface area (Å²) in [5.74, 6) is 2.57. The van der Waals surface area contributed by atoms with Crippen molar-refractivity contribution in [2.75, 3.05) is 5.75 Å². The van der Waals surface area contributed by atoms with Gasteiger partial charge in [-0.2, -0.15) is 0 Å². The lowest BCUT2D eigenvalue weighted by Gasteiger charge is -2.08. The van der Waals surface area contributed by atoms with Crippen LogP contribution in [0.4, 0.5) is 0 Å². The Hall–Kier alpha value is -0.280. The van der Waals surface area contributed by atoms with Crippen LogP contribution in [0, 0.1) is 19.8 Å². The van der Waals surface area contributed by atoms with E-state index in [1.54, 1.807) is 11.8 Å². The predicted octanol–water partition coefficient (Wildman–Crippen LogP) is 3.89. The van der Waals surface area contributed by atoms with E-state index in [4.69, 9.17) is 11.6 Å². The molecule has 1 aromatic rings. The van der Waals surface area contributed by atoms with Crippen molar-refractivity contribution >= 4 is 23.4 Å². The molecule has 0 radical (unpaired) electrons. The average Bonchev–Trinajstić information content (AvgIpc) is 2.12. The van der Waals surface area contributed by atoms with Crippen LogP contribution in [0.3, 0.4) is 0 Å². The van der Waals surface area contributed by atoms with Gasteiger partial charge in [-0.05, 0) is 31.9 Å². The van der Waals surface area contributed by atoms with Gasteiger partial charge in [-0.3, -0.25) is 0 Å². The van der Waals surface area contributed by atoms with Crippen LogP contribution in [-0.2, 0) is 0 Å². The molecule has 0 aliphatic carbocycles. The minimum Gasteiger partial charge on any atom is -0.227 e.